The monoisotopic (exact) mass is 313 g/mol. The first-order chi connectivity index (χ1) is 10.1. The van der Waals surface area contributed by atoms with E-state index in [1.807, 2.05) is 0 Å². The zero-order valence-corrected chi connectivity index (χ0v) is 12.2. The molecule has 1 aliphatic heterocycles. The summed E-state index contributed by atoms with van der Waals surface area (Å²) in [6, 6.07) is 3.92. The third-order valence-corrected chi connectivity index (χ3v) is 4.47. The minimum atomic E-state index is -0.515. The third kappa shape index (κ3) is 2.91. The molecule has 0 bridgehead atoms. The number of carbonyl (C=O) groups is 1. The average molecular weight is 314 g/mol. The second kappa shape index (κ2) is 5.91. The van der Waals surface area contributed by atoms with Gasteiger partial charge in [0.2, 0.25) is 5.91 Å². The maximum absolute atomic E-state index is 13.7. The van der Waals surface area contributed by atoms with Crippen LogP contribution in [0.4, 0.5) is 4.39 Å². The van der Waals surface area contributed by atoms with Crippen LogP contribution in [0.25, 0.3) is 0 Å². The summed E-state index contributed by atoms with van der Waals surface area (Å²) in [5, 5.41) is 9.69. The van der Waals surface area contributed by atoms with E-state index in [-0.39, 0.29) is 36.2 Å². The fraction of sp³-hybridized carbons (Fsp3) is 0.533. The number of aliphatic hydroxyl groups is 1. The van der Waals surface area contributed by atoms with Gasteiger partial charge in [-0.25, -0.2) is 4.39 Å². The van der Waals surface area contributed by atoms with Gasteiger partial charge in [0.05, 0.1) is 30.3 Å². The highest BCUT2D eigenvalue weighted by Crippen LogP contribution is 2.39. The van der Waals surface area contributed by atoms with Crippen molar-refractivity contribution in [3.63, 3.8) is 0 Å². The number of benzene rings is 1. The fourth-order valence-corrected chi connectivity index (χ4v) is 3.04. The first kappa shape index (κ1) is 14.8. The van der Waals surface area contributed by atoms with Gasteiger partial charge >= 0.3 is 0 Å². The quantitative estimate of drug-likeness (QED) is 0.926. The summed E-state index contributed by atoms with van der Waals surface area (Å²) in [5.41, 5.74) is 0.643. The van der Waals surface area contributed by atoms with Gasteiger partial charge in [0.25, 0.3) is 0 Å². The minimum absolute atomic E-state index is 0.00971. The van der Waals surface area contributed by atoms with Crippen LogP contribution in [0.5, 0.6) is 0 Å². The predicted octanol–water partition coefficient (Wildman–Crippen LogP) is 2.15. The summed E-state index contributed by atoms with van der Waals surface area (Å²) < 4.78 is 19.0. The number of halogens is 2. The van der Waals surface area contributed by atoms with Crippen LogP contribution in [0.2, 0.25) is 5.02 Å². The molecule has 3 rings (SSSR count). The number of carbonyl (C=O) groups excluding carboxylic acids is 1. The van der Waals surface area contributed by atoms with Gasteiger partial charge in [-0.05, 0) is 36.5 Å². The van der Waals surface area contributed by atoms with E-state index < -0.39 is 5.82 Å². The van der Waals surface area contributed by atoms with Crippen molar-refractivity contribution in [3.8, 4) is 0 Å². The highest BCUT2D eigenvalue weighted by Gasteiger charge is 2.42. The van der Waals surface area contributed by atoms with Gasteiger partial charge in [-0.3, -0.25) is 4.79 Å². The van der Waals surface area contributed by atoms with Crippen molar-refractivity contribution in [2.24, 2.45) is 5.92 Å². The van der Waals surface area contributed by atoms with Gasteiger partial charge in [0.15, 0.2) is 0 Å². The Morgan fingerprint density at radius 3 is 2.86 bits per heavy atom. The van der Waals surface area contributed by atoms with Crippen LogP contribution < -0.4 is 0 Å². The molecule has 2 aliphatic rings. The Kier molecular flexibility index (Phi) is 4.15. The van der Waals surface area contributed by atoms with Gasteiger partial charge < -0.3 is 14.7 Å². The molecule has 21 heavy (non-hydrogen) atoms. The van der Waals surface area contributed by atoms with Crippen molar-refractivity contribution in [2.75, 3.05) is 19.8 Å². The van der Waals surface area contributed by atoms with E-state index in [1.165, 1.54) is 12.1 Å². The molecule has 1 aromatic carbocycles. The van der Waals surface area contributed by atoms with Gasteiger partial charge in [-0.15, -0.1) is 0 Å². The lowest BCUT2D eigenvalue weighted by molar-refractivity contribution is -0.154. The lowest BCUT2D eigenvalue weighted by Gasteiger charge is -2.41. The molecule has 1 aromatic rings. The number of nitrogens with zero attached hydrogens (tertiary/aromatic N) is 1. The molecule has 1 heterocycles. The molecule has 0 radical (unpaired) electrons. The number of hydrogen-bond acceptors (Lipinski definition) is 3. The Morgan fingerprint density at radius 2 is 2.24 bits per heavy atom. The van der Waals surface area contributed by atoms with Crippen LogP contribution in [0.3, 0.4) is 0 Å². The number of amides is 1. The molecule has 1 saturated heterocycles. The van der Waals surface area contributed by atoms with Crippen LogP contribution >= 0.6 is 11.6 Å². The van der Waals surface area contributed by atoms with Crippen LogP contribution in [0.1, 0.15) is 24.4 Å². The Hall–Kier alpha value is -1.17. The molecule has 114 valence electrons. The van der Waals surface area contributed by atoms with Crippen molar-refractivity contribution in [1.82, 2.24) is 4.90 Å². The first-order valence-electron chi connectivity index (χ1n) is 7.06. The Labute approximate surface area is 127 Å². The summed E-state index contributed by atoms with van der Waals surface area (Å²) in [6.07, 6.45) is 2.02. The van der Waals surface area contributed by atoms with Crippen LogP contribution in [0.15, 0.2) is 18.2 Å². The zero-order chi connectivity index (χ0) is 15.0. The molecule has 6 heteroatoms. The van der Waals surface area contributed by atoms with E-state index in [0.717, 1.165) is 12.8 Å². The molecule has 1 amide bonds. The number of morpholine rings is 1. The lowest BCUT2D eigenvalue weighted by Crippen LogP contribution is -2.52. The molecule has 2 fully saturated rings. The summed E-state index contributed by atoms with van der Waals surface area (Å²) in [7, 11) is 0. The highest BCUT2D eigenvalue weighted by molar-refractivity contribution is 6.30. The van der Waals surface area contributed by atoms with E-state index in [2.05, 4.69) is 0 Å². The van der Waals surface area contributed by atoms with Gasteiger partial charge in [-0.1, -0.05) is 17.7 Å². The number of aliphatic hydroxyl groups excluding tert-OH is 1. The highest BCUT2D eigenvalue weighted by atomic mass is 35.5. The van der Waals surface area contributed by atoms with Crippen LogP contribution in [-0.4, -0.2) is 41.8 Å². The number of rotatable bonds is 4. The second-order valence-electron chi connectivity index (χ2n) is 5.59. The molecule has 0 spiro atoms. The second-order valence-corrected chi connectivity index (χ2v) is 6.00. The third-order valence-electron chi connectivity index (χ3n) is 4.16. The Morgan fingerprint density at radius 1 is 1.48 bits per heavy atom. The predicted molar refractivity (Wildman–Crippen MR) is 75.4 cm³/mol. The van der Waals surface area contributed by atoms with Crippen molar-refractivity contribution in [3.05, 3.63) is 34.6 Å². The molecule has 2 unspecified atom stereocenters. The summed E-state index contributed by atoms with van der Waals surface area (Å²) in [4.78, 5) is 13.9. The normalized spacial score (nSPS) is 24.2. The standard InChI is InChI=1S/C15H17ClFNO3/c16-11-4-3-10(5-12(11)17)14-7-21-8-15(20)18(14)13(6-19)9-1-2-9/h3-5,9,13-14,19H,1-2,6-8H2. The van der Waals surface area contributed by atoms with E-state index in [9.17, 15) is 14.3 Å². The smallest absolute Gasteiger partial charge is 0.249 e. The number of ether oxygens (including phenoxy) is 1. The lowest BCUT2D eigenvalue weighted by atomic mass is 10.0. The molecule has 2 atom stereocenters. The van der Waals surface area contributed by atoms with Gasteiger partial charge in [-0.2, -0.15) is 0 Å². The maximum atomic E-state index is 13.7. The largest absolute Gasteiger partial charge is 0.394 e. The molecular weight excluding hydrogens is 297 g/mol. The summed E-state index contributed by atoms with van der Waals surface area (Å²) in [6.45, 7) is 0.231. The van der Waals surface area contributed by atoms with E-state index >= 15 is 0 Å². The molecule has 1 saturated carbocycles. The topological polar surface area (TPSA) is 49.8 Å². The molecule has 4 nitrogen and oxygen atoms in total. The van der Waals surface area contributed by atoms with Crippen molar-refractivity contribution in [2.45, 2.75) is 24.9 Å². The van der Waals surface area contributed by atoms with Crippen molar-refractivity contribution < 1.29 is 19.0 Å². The molecular formula is C15H17ClFNO3. The van der Waals surface area contributed by atoms with Crippen LogP contribution in [0, 0.1) is 11.7 Å². The van der Waals surface area contributed by atoms with E-state index in [1.54, 1.807) is 11.0 Å². The zero-order valence-electron chi connectivity index (χ0n) is 11.5. The van der Waals surface area contributed by atoms with E-state index in [4.69, 9.17) is 16.3 Å². The molecule has 1 aliphatic carbocycles. The minimum Gasteiger partial charge on any atom is -0.394 e. The van der Waals surface area contributed by atoms with Crippen molar-refractivity contribution >= 4 is 17.5 Å². The van der Waals surface area contributed by atoms with Gasteiger partial charge in [0, 0.05) is 0 Å². The van der Waals surface area contributed by atoms with Crippen molar-refractivity contribution in [1.29, 1.82) is 0 Å². The van der Waals surface area contributed by atoms with Crippen LogP contribution in [-0.2, 0) is 9.53 Å². The Bertz CT molecular complexity index is 550. The summed E-state index contributed by atoms with van der Waals surface area (Å²) >= 11 is 5.71. The molecule has 0 aromatic heterocycles. The SMILES string of the molecule is O=C1COCC(c2ccc(Cl)c(F)c2)N1C(CO)C1CC1. The summed E-state index contributed by atoms with van der Waals surface area (Å²) in [5.74, 6) is -0.344. The average Bonchev–Trinajstić information content (AvgIpc) is 3.29. The first-order valence-corrected chi connectivity index (χ1v) is 7.44. The fourth-order valence-electron chi connectivity index (χ4n) is 2.92. The van der Waals surface area contributed by atoms with Gasteiger partial charge in [0.1, 0.15) is 12.4 Å². The number of hydrogen-bond donors (Lipinski definition) is 1. The maximum Gasteiger partial charge on any atom is 0.249 e. The van der Waals surface area contributed by atoms with E-state index in [0.29, 0.717) is 18.1 Å². The Balaban J connectivity index is 1.92. The molecule has 1 N–H and O–H groups in total.